The fourth-order valence-electron chi connectivity index (χ4n) is 3.04. The molecule has 0 spiro atoms. The van der Waals surface area contributed by atoms with Crippen molar-refractivity contribution in [2.24, 2.45) is 11.8 Å². The molecule has 0 aliphatic heterocycles. The van der Waals surface area contributed by atoms with E-state index in [2.05, 4.69) is 5.32 Å². The van der Waals surface area contributed by atoms with Crippen molar-refractivity contribution >= 4 is 5.91 Å². The predicted octanol–water partition coefficient (Wildman–Crippen LogP) is 3.04. The van der Waals surface area contributed by atoms with Gasteiger partial charge >= 0.3 is 0 Å². The quantitative estimate of drug-likeness (QED) is 0.841. The van der Waals surface area contributed by atoms with Crippen LogP contribution in [-0.2, 0) is 4.79 Å². The number of carbonyl (C=O) groups is 1. The summed E-state index contributed by atoms with van der Waals surface area (Å²) in [6.45, 7) is 1.83. The van der Waals surface area contributed by atoms with Crippen molar-refractivity contribution in [1.29, 1.82) is 0 Å². The topological polar surface area (TPSA) is 62.5 Å². The molecule has 1 aliphatic carbocycles. The highest BCUT2D eigenvalue weighted by atomic mass is 16.3. The second-order valence-corrected chi connectivity index (χ2v) is 5.90. The summed E-state index contributed by atoms with van der Waals surface area (Å²) in [7, 11) is 0. The molecule has 0 bridgehead atoms. The van der Waals surface area contributed by atoms with Gasteiger partial charge in [0.2, 0.25) is 5.91 Å². The van der Waals surface area contributed by atoms with E-state index in [1.807, 2.05) is 6.92 Å². The Morgan fingerprint density at radius 1 is 1.45 bits per heavy atom. The van der Waals surface area contributed by atoms with Crippen LogP contribution < -0.4 is 5.32 Å². The van der Waals surface area contributed by atoms with Gasteiger partial charge in [-0.15, -0.1) is 0 Å². The Kier molecular flexibility index (Phi) is 5.65. The predicted molar refractivity (Wildman–Crippen MR) is 77.0 cm³/mol. The van der Waals surface area contributed by atoms with Crippen LogP contribution in [0.5, 0.6) is 0 Å². The maximum atomic E-state index is 12.2. The highest BCUT2D eigenvalue weighted by molar-refractivity contribution is 5.78. The zero-order valence-electron chi connectivity index (χ0n) is 12.2. The van der Waals surface area contributed by atoms with E-state index in [4.69, 9.17) is 4.42 Å². The van der Waals surface area contributed by atoms with Crippen molar-refractivity contribution in [2.45, 2.75) is 51.5 Å². The fourth-order valence-corrected chi connectivity index (χ4v) is 3.04. The van der Waals surface area contributed by atoms with Gasteiger partial charge < -0.3 is 14.8 Å². The highest BCUT2D eigenvalue weighted by Crippen LogP contribution is 2.29. The number of carbonyl (C=O) groups excluding carboxylic acids is 1. The van der Waals surface area contributed by atoms with Gasteiger partial charge in [0.15, 0.2) is 0 Å². The van der Waals surface area contributed by atoms with Crippen molar-refractivity contribution < 1.29 is 14.3 Å². The second-order valence-electron chi connectivity index (χ2n) is 5.90. The number of hydrogen-bond acceptors (Lipinski definition) is 3. The largest absolute Gasteiger partial charge is 0.467 e. The summed E-state index contributed by atoms with van der Waals surface area (Å²) >= 11 is 0. The lowest BCUT2D eigenvalue weighted by Crippen LogP contribution is -2.35. The Balaban J connectivity index is 1.83. The van der Waals surface area contributed by atoms with Crippen LogP contribution in [0.1, 0.15) is 57.3 Å². The van der Waals surface area contributed by atoms with Crippen LogP contribution in [-0.4, -0.2) is 17.6 Å². The van der Waals surface area contributed by atoms with Gasteiger partial charge in [0, 0.05) is 5.92 Å². The summed E-state index contributed by atoms with van der Waals surface area (Å²) in [4.78, 5) is 12.2. The fraction of sp³-hybridized carbons (Fsp3) is 0.688. The summed E-state index contributed by atoms with van der Waals surface area (Å²) in [6, 6.07) is 3.09. The van der Waals surface area contributed by atoms with Crippen LogP contribution in [0, 0.1) is 11.8 Å². The van der Waals surface area contributed by atoms with E-state index in [1.54, 1.807) is 18.4 Å². The second kappa shape index (κ2) is 7.48. The van der Waals surface area contributed by atoms with Gasteiger partial charge in [-0.1, -0.05) is 39.0 Å². The van der Waals surface area contributed by atoms with Crippen LogP contribution in [0.3, 0.4) is 0 Å². The number of furan rings is 1. The number of aliphatic hydroxyl groups is 1. The number of nitrogens with one attached hydrogen (secondary N) is 1. The summed E-state index contributed by atoms with van der Waals surface area (Å²) in [5.74, 6) is 1.28. The van der Waals surface area contributed by atoms with Gasteiger partial charge in [0.25, 0.3) is 0 Å². The molecule has 0 aromatic carbocycles. The van der Waals surface area contributed by atoms with E-state index in [9.17, 15) is 9.90 Å². The zero-order valence-corrected chi connectivity index (χ0v) is 12.2. The number of hydrogen-bond donors (Lipinski definition) is 2. The van der Waals surface area contributed by atoms with Crippen molar-refractivity contribution in [1.82, 2.24) is 5.32 Å². The van der Waals surface area contributed by atoms with E-state index in [0.717, 1.165) is 6.42 Å². The lowest BCUT2D eigenvalue weighted by Gasteiger charge is -2.25. The number of amides is 1. The van der Waals surface area contributed by atoms with Crippen LogP contribution in [0.25, 0.3) is 0 Å². The van der Waals surface area contributed by atoms with Crippen LogP contribution >= 0.6 is 0 Å². The van der Waals surface area contributed by atoms with Crippen molar-refractivity contribution in [3.63, 3.8) is 0 Å². The summed E-state index contributed by atoms with van der Waals surface area (Å²) in [5.41, 5.74) is 0. The molecule has 1 amide bonds. The highest BCUT2D eigenvalue weighted by Gasteiger charge is 2.23. The molecule has 1 aliphatic rings. The molecular weight excluding hydrogens is 254 g/mol. The number of aliphatic hydroxyl groups excluding tert-OH is 1. The Morgan fingerprint density at radius 2 is 2.20 bits per heavy atom. The first-order valence-corrected chi connectivity index (χ1v) is 7.65. The van der Waals surface area contributed by atoms with Crippen molar-refractivity contribution in [2.75, 3.05) is 6.61 Å². The van der Waals surface area contributed by atoms with E-state index in [1.165, 1.54) is 32.1 Å². The summed E-state index contributed by atoms with van der Waals surface area (Å²) < 4.78 is 5.24. The molecule has 1 saturated carbocycles. The van der Waals surface area contributed by atoms with E-state index >= 15 is 0 Å². The Hall–Kier alpha value is -1.29. The third-order valence-electron chi connectivity index (χ3n) is 4.24. The lowest BCUT2D eigenvalue weighted by molar-refractivity contribution is -0.126. The first kappa shape index (κ1) is 15.1. The van der Waals surface area contributed by atoms with E-state index in [-0.39, 0.29) is 18.4 Å². The molecule has 2 rings (SSSR count). The third-order valence-corrected chi connectivity index (χ3v) is 4.24. The Labute approximate surface area is 120 Å². The monoisotopic (exact) mass is 279 g/mol. The molecular formula is C16H25NO3. The minimum atomic E-state index is -0.439. The third kappa shape index (κ3) is 4.10. The molecule has 112 valence electrons. The Bertz CT molecular complexity index is 396. The van der Waals surface area contributed by atoms with E-state index < -0.39 is 6.04 Å². The maximum Gasteiger partial charge on any atom is 0.223 e. The first-order valence-electron chi connectivity index (χ1n) is 7.65. The average Bonchev–Trinajstić information content (AvgIpc) is 2.99. The molecule has 0 radical (unpaired) electrons. The molecule has 1 aromatic rings. The zero-order chi connectivity index (χ0) is 14.4. The van der Waals surface area contributed by atoms with Gasteiger partial charge in [-0.3, -0.25) is 4.79 Å². The molecule has 4 heteroatoms. The number of rotatable bonds is 6. The summed E-state index contributed by atoms with van der Waals surface area (Å²) in [6.07, 6.45) is 8.92. The van der Waals surface area contributed by atoms with Gasteiger partial charge in [-0.25, -0.2) is 0 Å². The SMILES string of the molecule is CC(CC1CCCCC1)C(=O)NC(CO)c1ccco1. The van der Waals surface area contributed by atoms with Crippen LogP contribution in [0.2, 0.25) is 0 Å². The minimum Gasteiger partial charge on any atom is -0.467 e. The molecule has 4 nitrogen and oxygen atoms in total. The molecule has 0 saturated heterocycles. The van der Waals surface area contributed by atoms with Gasteiger partial charge in [-0.2, -0.15) is 0 Å². The molecule has 1 aromatic heterocycles. The van der Waals surface area contributed by atoms with Crippen LogP contribution in [0.4, 0.5) is 0 Å². The standard InChI is InChI=1S/C16H25NO3/c1-12(10-13-6-3-2-4-7-13)16(19)17-14(11-18)15-8-5-9-20-15/h5,8-9,12-14,18H,2-4,6-7,10-11H2,1H3,(H,17,19). The molecule has 1 fully saturated rings. The van der Waals surface area contributed by atoms with Gasteiger partial charge in [-0.05, 0) is 24.5 Å². The lowest BCUT2D eigenvalue weighted by atomic mass is 9.83. The Morgan fingerprint density at radius 3 is 2.80 bits per heavy atom. The smallest absolute Gasteiger partial charge is 0.223 e. The van der Waals surface area contributed by atoms with Gasteiger partial charge in [0.1, 0.15) is 11.8 Å². The molecule has 1 heterocycles. The van der Waals surface area contributed by atoms with Gasteiger partial charge in [0.05, 0.1) is 12.9 Å². The van der Waals surface area contributed by atoms with Crippen LogP contribution in [0.15, 0.2) is 22.8 Å². The average molecular weight is 279 g/mol. The summed E-state index contributed by atoms with van der Waals surface area (Å²) in [5, 5.41) is 12.3. The normalized spacial score (nSPS) is 19.5. The molecule has 20 heavy (non-hydrogen) atoms. The molecule has 2 N–H and O–H groups in total. The molecule has 2 atom stereocenters. The maximum absolute atomic E-state index is 12.2. The van der Waals surface area contributed by atoms with Crippen molar-refractivity contribution in [3.8, 4) is 0 Å². The first-order chi connectivity index (χ1) is 9.70. The van der Waals surface area contributed by atoms with E-state index in [0.29, 0.717) is 11.7 Å². The molecule has 2 unspecified atom stereocenters. The minimum absolute atomic E-state index is 0.00558. The van der Waals surface area contributed by atoms with Crippen molar-refractivity contribution in [3.05, 3.63) is 24.2 Å².